The summed E-state index contributed by atoms with van der Waals surface area (Å²) in [5, 5.41) is 3.96. The van der Waals surface area contributed by atoms with Crippen molar-refractivity contribution in [2.75, 3.05) is 39.8 Å². The van der Waals surface area contributed by atoms with Crippen molar-refractivity contribution in [3.05, 3.63) is 65.9 Å². The van der Waals surface area contributed by atoms with Gasteiger partial charge in [0.2, 0.25) is 11.8 Å². The van der Waals surface area contributed by atoms with Gasteiger partial charge in [0.25, 0.3) is 5.91 Å². The standard InChI is InChI=1S/C31H38N4O4/c1-32-30(38)31-13-7-8-16-34(28(36)21-23-22-33(2)26-11-5-3-9-24(23)26)19-20-39-27-12-6-4-10-25(27)29(37)35(17-14-31)18-15-31/h3-6,9-12,22H,7-8,13-21H2,1-2H3,(H,32,38). The number of nitrogens with zero attached hydrogens (tertiary/aromatic N) is 3. The molecule has 1 N–H and O–H groups in total. The molecule has 3 aliphatic rings. The number of piperidine rings is 1. The zero-order valence-electron chi connectivity index (χ0n) is 22.9. The number of carbonyl (C=O) groups is 3. The largest absolute Gasteiger partial charge is 0.491 e. The molecule has 0 spiro atoms. The number of nitrogens with one attached hydrogen (secondary N) is 1. The number of para-hydroxylation sites is 2. The van der Waals surface area contributed by atoms with Crippen LogP contribution in [0.25, 0.3) is 10.9 Å². The van der Waals surface area contributed by atoms with Crippen molar-refractivity contribution in [1.29, 1.82) is 0 Å². The van der Waals surface area contributed by atoms with Crippen LogP contribution in [0.3, 0.4) is 0 Å². The molecule has 3 aliphatic heterocycles. The zero-order valence-corrected chi connectivity index (χ0v) is 22.9. The maximum Gasteiger partial charge on any atom is 0.257 e. The highest BCUT2D eigenvalue weighted by Crippen LogP contribution is 2.38. The third-order valence-corrected chi connectivity index (χ3v) is 8.46. The Morgan fingerprint density at radius 3 is 2.49 bits per heavy atom. The molecule has 2 bridgehead atoms. The summed E-state index contributed by atoms with van der Waals surface area (Å²) in [6, 6.07) is 15.4. The lowest BCUT2D eigenvalue weighted by atomic mass is 9.73. The number of fused-ring (bicyclic) bond motifs is 10. The number of rotatable bonds is 3. The van der Waals surface area contributed by atoms with Gasteiger partial charge in [-0.05, 0) is 49.4 Å². The van der Waals surface area contributed by atoms with Crippen LogP contribution >= 0.6 is 0 Å². The molecular formula is C31H38N4O4. The Bertz CT molecular complexity index is 1360. The third-order valence-electron chi connectivity index (χ3n) is 8.46. The van der Waals surface area contributed by atoms with E-state index in [0.717, 1.165) is 35.7 Å². The van der Waals surface area contributed by atoms with Crippen LogP contribution in [0.5, 0.6) is 5.75 Å². The summed E-state index contributed by atoms with van der Waals surface area (Å²) in [7, 11) is 3.69. The van der Waals surface area contributed by atoms with E-state index in [1.54, 1.807) is 13.1 Å². The van der Waals surface area contributed by atoms with Gasteiger partial charge in [0.05, 0.1) is 23.9 Å². The number of aromatic nitrogens is 1. The molecule has 0 atom stereocenters. The molecule has 0 radical (unpaired) electrons. The van der Waals surface area contributed by atoms with Gasteiger partial charge in [0.1, 0.15) is 12.4 Å². The molecule has 39 heavy (non-hydrogen) atoms. The Hall–Kier alpha value is -3.81. The molecule has 8 heteroatoms. The molecule has 8 nitrogen and oxygen atoms in total. The maximum absolute atomic E-state index is 13.6. The molecule has 3 aromatic rings. The summed E-state index contributed by atoms with van der Waals surface area (Å²) in [6.45, 7) is 2.40. The van der Waals surface area contributed by atoms with Crippen molar-refractivity contribution < 1.29 is 19.1 Å². The van der Waals surface area contributed by atoms with Crippen LogP contribution in [-0.2, 0) is 23.1 Å². The minimum absolute atomic E-state index is 0.0477. The second-order valence-electron chi connectivity index (χ2n) is 10.8. The fourth-order valence-corrected chi connectivity index (χ4v) is 6.17. The van der Waals surface area contributed by atoms with Crippen LogP contribution in [0.2, 0.25) is 0 Å². The molecule has 1 fully saturated rings. The van der Waals surface area contributed by atoms with E-state index in [1.165, 1.54) is 0 Å². The highest BCUT2D eigenvalue weighted by atomic mass is 16.5. The van der Waals surface area contributed by atoms with Crippen LogP contribution in [-0.4, -0.2) is 71.9 Å². The number of hydrogen-bond donors (Lipinski definition) is 1. The van der Waals surface area contributed by atoms with E-state index in [-0.39, 0.29) is 17.7 Å². The predicted molar refractivity (Wildman–Crippen MR) is 151 cm³/mol. The summed E-state index contributed by atoms with van der Waals surface area (Å²) in [6.07, 6.45) is 5.99. The maximum atomic E-state index is 13.6. The number of ether oxygens (including phenoxy) is 1. The second kappa shape index (κ2) is 11.5. The van der Waals surface area contributed by atoms with Gasteiger partial charge in [-0.3, -0.25) is 14.4 Å². The number of amides is 3. The number of hydrogen-bond acceptors (Lipinski definition) is 4. The smallest absolute Gasteiger partial charge is 0.257 e. The van der Waals surface area contributed by atoms with E-state index >= 15 is 0 Å². The monoisotopic (exact) mass is 530 g/mol. The van der Waals surface area contributed by atoms with Crippen LogP contribution in [0.4, 0.5) is 0 Å². The number of carbonyl (C=O) groups excluding carboxylic acids is 3. The van der Waals surface area contributed by atoms with Gasteiger partial charge in [0.15, 0.2) is 0 Å². The number of benzene rings is 2. The molecule has 1 saturated heterocycles. The quantitative estimate of drug-likeness (QED) is 0.559. The molecule has 4 heterocycles. The first-order valence-electron chi connectivity index (χ1n) is 14.0. The summed E-state index contributed by atoms with van der Waals surface area (Å²) < 4.78 is 8.17. The predicted octanol–water partition coefficient (Wildman–Crippen LogP) is 3.78. The van der Waals surface area contributed by atoms with Gasteiger partial charge in [-0.25, -0.2) is 0 Å². The highest BCUT2D eigenvalue weighted by molar-refractivity contribution is 5.97. The van der Waals surface area contributed by atoms with Crippen molar-refractivity contribution in [3.63, 3.8) is 0 Å². The zero-order chi connectivity index (χ0) is 27.4. The van der Waals surface area contributed by atoms with Crippen molar-refractivity contribution in [2.45, 2.75) is 38.5 Å². The summed E-state index contributed by atoms with van der Waals surface area (Å²) in [5.41, 5.74) is 2.15. The highest BCUT2D eigenvalue weighted by Gasteiger charge is 2.41. The molecule has 0 aliphatic carbocycles. The topological polar surface area (TPSA) is 83.9 Å². The summed E-state index contributed by atoms with van der Waals surface area (Å²) >= 11 is 0. The van der Waals surface area contributed by atoms with Gasteiger partial charge >= 0.3 is 0 Å². The minimum Gasteiger partial charge on any atom is -0.491 e. The van der Waals surface area contributed by atoms with E-state index < -0.39 is 5.41 Å². The molecule has 0 unspecified atom stereocenters. The van der Waals surface area contributed by atoms with E-state index in [2.05, 4.69) is 22.0 Å². The minimum atomic E-state index is -0.487. The van der Waals surface area contributed by atoms with Crippen LogP contribution in [0.1, 0.15) is 48.0 Å². The first kappa shape index (κ1) is 26.8. The lowest BCUT2D eigenvalue weighted by Gasteiger charge is -2.40. The molecule has 6 rings (SSSR count). The second-order valence-corrected chi connectivity index (χ2v) is 10.8. The summed E-state index contributed by atoms with van der Waals surface area (Å²) in [4.78, 5) is 43.7. The lowest BCUT2D eigenvalue weighted by molar-refractivity contribution is -0.134. The molecule has 3 amide bonds. The molecule has 2 aromatic carbocycles. The Kier molecular flexibility index (Phi) is 7.91. The normalized spacial score (nSPS) is 18.2. The summed E-state index contributed by atoms with van der Waals surface area (Å²) in [5.74, 6) is 0.556. The Morgan fingerprint density at radius 1 is 0.949 bits per heavy atom. The van der Waals surface area contributed by atoms with Crippen molar-refractivity contribution in [3.8, 4) is 5.75 Å². The lowest BCUT2D eigenvalue weighted by Crippen LogP contribution is -2.49. The fraction of sp³-hybridized carbons (Fsp3) is 0.452. The van der Waals surface area contributed by atoms with Gasteiger partial charge in [-0.2, -0.15) is 0 Å². The Morgan fingerprint density at radius 2 is 1.69 bits per heavy atom. The molecule has 0 saturated carbocycles. The van der Waals surface area contributed by atoms with Gasteiger partial charge in [-0.15, -0.1) is 0 Å². The average Bonchev–Trinajstić information content (AvgIpc) is 3.28. The van der Waals surface area contributed by atoms with E-state index in [9.17, 15) is 14.4 Å². The van der Waals surface area contributed by atoms with Gasteiger partial charge in [0, 0.05) is 50.8 Å². The first-order valence-corrected chi connectivity index (χ1v) is 14.0. The van der Waals surface area contributed by atoms with Gasteiger partial charge < -0.3 is 24.4 Å². The van der Waals surface area contributed by atoms with Gasteiger partial charge in [-0.1, -0.05) is 36.8 Å². The first-order chi connectivity index (χ1) is 18.9. The van der Waals surface area contributed by atoms with Crippen molar-refractivity contribution >= 4 is 28.6 Å². The third kappa shape index (κ3) is 5.51. The molecule has 206 valence electrons. The molecular weight excluding hydrogens is 492 g/mol. The van der Waals surface area contributed by atoms with Crippen LogP contribution < -0.4 is 10.1 Å². The number of aryl methyl sites for hydroxylation is 1. The SMILES string of the molecule is CNC(=O)C12CCCCN(C(=O)Cc3cn(C)c4ccccc34)CCOc3ccccc3C(=O)N(CC1)CC2. The van der Waals surface area contributed by atoms with E-state index in [1.807, 2.05) is 53.4 Å². The van der Waals surface area contributed by atoms with E-state index in [4.69, 9.17) is 4.74 Å². The Balaban J connectivity index is 1.38. The van der Waals surface area contributed by atoms with Crippen molar-refractivity contribution in [2.24, 2.45) is 12.5 Å². The van der Waals surface area contributed by atoms with Crippen molar-refractivity contribution in [1.82, 2.24) is 19.7 Å². The molecule has 1 aromatic heterocycles. The fourth-order valence-electron chi connectivity index (χ4n) is 6.17. The van der Waals surface area contributed by atoms with Crippen LogP contribution in [0.15, 0.2) is 54.7 Å². The Labute approximate surface area is 229 Å². The van der Waals surface area contributed by atoms with E-state index in [0.29, 0.717) is 63.4 Å². The average molecular weight is 531 g/mol. The van der Waals surface area contributed by atoms with Crippen LogP contribution in [0, 0.1) is 5.41 Å².